The maximum Gasteiger partial charge on any atom is 0.251 e. The van der Waals surface area contributed by atoms with Crippen molar-refractivity contribution in [3.05, 3.63) is 29.2 Å². The largest absolute Gasteiger partial charge is 0.355 e. The van der Waals surface area contributed by atoms with Gasteiger partial charge in [-0.15, -0.1) is 0 Å². The molecule has 5 nitrogen and oxygen atoms in total. The number of aromatic nitrogens is 2. The van der Waals surface area contributed by atoms with Gasteiger partial charge in [0.1, 0.15) is 22.3 Å². The number of fused-ring (bicyclic) bond motifs is 1. The van der Waals surface area contributed by atoms with Gasteiger partial charge in [0.2, 0.25) is 0 Å². The van der Waals surface area contributed by atoms with Crippen LogP contribution in [0.2, 0.25) is 0 Å². The molecule has 1 aromatic carbocycles. The van der Waals surface area contributed by atoms with Crippen molar-refractivity contribution < 1.29 is 17.4 Å². The Morgan fingerprint density at radius 2 is 1.83 bits per heavy atom. The Balaban J connectivity index is 2.09. The molecule has 1 aromatic heterocycles. The minimum atomic E-state index is -2.66. The van der Waals surface area contributed by atoms with Crippen LogP contribution in [-0.4, -0.2) is 43.6 Å². The fourth-order valence-corrected chi connectivity index (χ4v) is 3.76. The molecule has 2 aromatic rings. The zero-order valence-electron chi connectivity index (χ0n) is 17.2. The van der Waals surface area contributed by atoms with E-state index in [0.717, 1.165) is 0 Å². The molecule has 0 saturated carbocycles. The van der Waals surface area contributed by atoms with Gasteiger partial charge in [0, 0.05) is 37.6 Å². The molecule has 2 heterocycles. The molecular formula is C20H25F3N4OS. The number of alkyl halides is 2. The summed E-state index contributed by atoms with van der Waals surface area (Å²) in [4.78, 5) is 10.9. The van der Waals surface area contributed by atoms with Crippen LogP contribution < -0.4 is 4.90 Å². The lowest BCUT2D eigenvalue weighted by Gasteiger charge is -2.33. The molecule has 0 N–H and O–H groups in total. The number of benzene rings is 1. The molecule has 1 atom stereocenters. The second-order valence-electron chi connectivity index (χ2n) is 8.33. The number of anilines is 1. The first-order valence-corrected chi connectivity index (χ1v) is 10.6. The molecule has 1 fully saturated rings. The molecule has 29 heavy (non-hydrogen) atoms. The van der Waals surface area contributed by atoms with Crippen LogP contribution >= 0.6 is 0 Å². The normalized spacial score (nSPS) is 18.9. The third-order valence-corrected chi connectivity index (χ3v) is 6.30. The van der Waals surface area contributed by atoms with Crippen LogP contribution in [0.5, 0.6) is 0 Å². The van der Waals surface area contributed by atoms with E-state index < -0.39 is 27.5 Å². The predicted molar refractivity (Wildman–Crippen MR) is 111 cm³/mol. The Labute approximate surface area is 171 Å². The lowest BCUT2D eigenvalue weighted by atomic mass is 10.1. The summed E-state index contributed by atoms with van der Waals surface area (Å²) in [6.45, 7) is 9.14. The zero-order valence-corrected chi connectivity index (χ0v) is 18.0. The van der Waals surface area contributed by atoms with Crippen LogP contribution in [0, 0.1) is 12.7 Å². The smallest absolute Gasteiger partial charge is 0.251 e. The zero-order chi connectivity index (χ0) is 21.6. The van der Waals surface area contributed by atoms with Gasteiger partial charge in [-0.05, 0) is 40.7 Å². The Morgan fingerprint density at radius 3 is 2.41 bits per heavy atom. The summed E-state index contributed by atoms with van der Waals surface area (Å²) in [7, 11) is -1.52. The molecule has 0 aliphatic carbocycles. The summed E-state index contributed by atoms with van der Waals surface area (Å²) in [5, 5.41) is 0. The van der Waals surface area contributed by atoms with Crippen LogP contribution in [0.25, 0.3) is 11.0 Å². The van der Waals surface area contributed by atoms with Crippen LogP contribution in [0.4, 0.5) is 19.0 Å². The lowest BCUT2D eigenvalue weighted by molar-refractivity contribution is -0.0221. The molecule has 9 heteroatoms. The van der Waals surface area contributed by atoms with Gasteiger partial charge in [0.25, 0.3) is 5.92 Å². The summed E-state index contributed by atoms with van der Waals surface area (Å²) in [6.07, 6.45) is -0.485. The van der Waals surface area contributed by atoms with Crippen LogP contribution in [-0.2, 0) is 11.0 Å². The van der Waals surface area contributed by atoms with Gasteiger partial charge < -0.3 is 4.90 Å². The number of aryl methyl sites for hydroxylation is 1. The van der Waals surface area contributed by atoms with Crippen LogP contribution in [0.15, 0.2) is 16.5 Å². The Hall–Kier alpha value is -2.03. The predicted octanol–water partition coefficient (Wildman–Crippen LogP) is 4.58. The topological polar surface area (TPSA) is 58.5 Å². The van der Waals surface area contributed by atoms with Crippen molar-refractivity contribution in [3.63, 3.8) is 0 Å². The fourth-order valence-electron chi connectivity index (χ4n) is 3.14. The van der Waals surface area contributed by atoms with Gasteiger partial charge in [-0.25, -0.2) is 27.3 Å². The van der Waals surface area contributed by atoms with Crippen molar-refractivity contribution in [2.75, 3.05) is 18.0 Å². The average molecular weight is 427 g/mol. The number of hydrogen-bond acceptors (Lipinski definition) is 4. The second kappa shape index (κ2) is 7.66. The van der Waals surface area contributed by atoms with E-state index in [1.165, 1.54) is 12.1 Å². The highest BCUT2D eigenvalue weighted by Gasteiger charge is 2.35. The first-order valence-electron chi connectivity index (χ1n) is 9.46. The van der Waals surface area contributed by atoms with Crippen molar-refractivity contribution in [3.8, 4) is 0 Å². The Kier molecular flexibility index (Phi) is 5.73. The number of nitrogens with zero attached hydrogens (tertiary/aromatic N) is 4. The van der Waals surface area contributed by atoms with Crippen molar-refractivity contribution in [2.24, 2.45) is 4.40 Å². The number of piperidine rings is 1. The molecule has 0 bridgehead atoms. The first kappa shape index (κ1) is 21.7. The minimum Gasteiger partial charge on any atom is -0.355 e. The SMILES string of the molecule is CC(=N[S@](=O)C(C)(C)C)c1cc(F)cc2nc(C)c(N3CCC(F)(F)CC3)nc12. The summed E-state index contributed by atoms with van der Waals surface area (Å²) < 4.78 is 57.4. The van der Waals surface area contributed by atoms with E-state index in [0.29, 0.717) is 33.8 Å². The second-order valence-corrected chi connectivity index (χ2v) is 10.2. The van der Waals surface area contributed by atoms with Gasteiger partial charge in [-0.2, -0.15) is 4.40 Å². The average Bonchev–Trinajstić information content (AvgIpc) is 2.60. The molecule has 0 spiro atoms. The fraction of sp³-hybridized carbons (Fsp3) is 0.550. The van der Waals surface area contributed by atoms with E-state index in [9.17, 15) is 17.4 Å². The van der Waals surface area contributed by atoms with Gasteiger partial charge in [-0.1, -0.05) is 0 Å². The van der Waals surface area contributed by atoms with Gasteiger partial charge in [0.15, 0.2) is 5.82 Å². The van der Waals surface area contributed by atoms with Gasteiger partial charge in [0.05, 0.1) is 21.7 Å². The van der Waals surface area contributed by atoms with Gasteiger partial charge in [-0.3, -0.25) is 0 Å². The number of hydrogen-bond donors (Lipinski definition) is 0. The Morgan fingerprint density at radius 1 is 1.21 bits per heavy atom. The van der Waals surface area contributed by atoms with Crippen molar-refractivity contribution in [1.29, 1.82) is 0 Å². The molecule has 1 aliphatic rings. The molecular weight excluding hydrogens is 401 g/mol. The minimum absolute atomic E-state index is 0.172. The van der Waals surface area contributed by atoms with Gasteiger partial charge >= 0.3 is 0 Å². The molecule has 0 radical (unpaired) electrons. The van der Waals surface area contributed by atoms with Crippen molar-refractivity contribution >= 4 is 33.5 Å². The summed E-state index contributed by atoms with van der Waals surface area (Å²) in [5.41, 5.74) is 2.09. The third kappa shape index (κ3) is 4.76. The summed E-state index contributed by atoms with van der Waals surface area (Å²) in [5.74, 6) is -2.66. The molecule has 158 valence electrons. The quantitative estimate of drug-likeness (QED) is 0.674. The van der Waals surface area contributed by atoms with E-state index in [1.54, 1.807) is 39.5 Å². The molecule has 0 unspecified atom stereocenters. The third-order valence-electron chi connectivity index (χ3n) is 4.81. The monoisotopic (exact) mass is 426 g/mol. The van der Waals surface area contributed by atoms with Crippen molar-refractivity contribution in [2.45, 2.75) is 58.1 Å². The van der Waals surface area contributed by atoms with E-state index >= 15 is 0 Å². The maximum atomic E-state index is 14.2. The number of halogens is 3. The first-order chi connectivity index (χ1) is 13.4. The summed E-state index contributed by atoms with van der Waals surface area (Å²) >= 11 is 0. The highest BCUT2D eigenvalue weighted by Crippen LogP contribution is 2.32. The van der Waals surface area contributed by atoms with Crippen LogP contribution in [0.1, 0.15) is 51.8 Å². The molecule has 1 saturated heterocycles. The van der Waals surface area contributed by atoms with E-state index in [4.69, 9.17) is 0 Å². The van der Waals surface area contributed by atoms with E-state index in [1.807, 2.05) is 0 Å². The number of rotatable bonds is 3. The van der Waals surface area contributed by atoms with Crippen molar-refractivity contribution in [1.82, 2.24) is 9.97 Å². The standard InChI is InChI=1S/C20H25F3N4OS/c1-12(26-29(28)19(3,4)5)15-10-14(21)11-16-17(15)25-18(13(2)24-16)27-8-6-20(22,23)7-9-27/h10-11H,6-9H2,1-5H3/t29-/m1/s1. The van der Waals surface area contributed by atoms with E-state index in [-0.39, 0.29) is 25.9 Å². The lowest BCUT2D eigenvalue weighted by Crippen LogP contribution is -2.40. The van der Waals surface area contributed by atoms with Crippen LogP contribution in [0.3, 0.4) is 0 Å². The van der Waals surface area contributed by atoms with E-state index in [2.05, 4.69) is 14.4 Å². The highest BCUT2D eigenvalue weighted by molar-refractivity contribution is 7.85. The Bertz CT molecular complexity index is 991. The highest BCUT2D eigenvalue weighted by atomic mass is 32.2. The maximum absolute atomic E-state index is 14.2. The molecule has 0 amide bonds. The molecule has 3 rings (SSSR count). The molecule has 1 aliphatic heterocycles. The summed E-state index contributed by atoms with van der Waals surface area (Å²) in [6, 6.07) is 2.57.